The zero-order chi connectivity index (χ0) is 15.0. The summed E-state index contributed by atoms with van der Waals surface area (Å²) < 4.78 is 71.2. The standard InChI is InChI=1S/C13H6BrF5O/c1-5-4-6(2-3-7(5)14)20-13-11(18)9(16)8(15)10(17)12(13)19/h2-4H,1H3. The number of rotatable bonds is 2. The predicted octanol–water partition coefficient (Wildman–Crippen LogP) is 5.25. The highest BCUT2D eigenvalue weighted by Gasteiger charge is 2.27. The average Bonchev–Trinajstić information content (AvgIpc) is 2.43. The van der Waals surface area contributed by atoms with Gasteiger partial charge in [0.25, 0.3) is 0 Å². The van der Waals surface area contributed by atoms with Crippen LogP contribution >= 0.6 is 15.9 Å². The third-order valence-corrected chi connectivity index (χ3v) is 3.41. The van der Waals surface area contributed by atoms with Crippen LogP contribution in [0.1, 0.15) is 5.56 Å². The SMILES string of the molecule is Cc1cc(Oc2c(F)c(F)c(F)c(F)c2F)ccc1Br. The third-order valence-electron chi connectivity index (χ3n) is 2.52. The molecule has 0 heterocycles. The van der Waals surface area contributed by atoms with Crippen LogP contribution in [0.2, 0.25) is 0 Å². The highest BCUT2D eigenvalue weighted by atomic mass is 79.9. The molecule has 0 N–H and O–H groups in total. The highest BCUT2D eigenvalue weighted by Crippen LogP contribution is 2.33. The summed E-state index contributed by atoms with van der Waals surface area (Å²) in [6, 6.07) is 4.24. The lowest BCUT2D eigenvalue weighted by molar-refractivity contribution is 0.332. The van der Waals surface area contributed by atoms with Crippen LogP contribution in [-0.4, -0.2) is 0 Å². The van der Waals surface area contributed by atoms with E-state index in [1.807, 2.05) is 0 Å². The summed E-state index contributed by atoms with van der Waals surface area (Å²) in [5.41, 5.74) is 0.673. The molecule has 2 rings (SSSR count). The van der Waals surface area contributed by atoms with E-state index in [0.717, 1.165) is 0 Å². The van der Waals surface area contributed by atoms with E-state index in [0.29, 0.717) is 10.0 Å². The quantitative estimate of drug-likeness (QED) is 0.407. The Balaban J connectivity index is 2.51. The molecule has 106 valence electrons. The summed E-state index contributed by atoms with van der Waals surface area (Å²) >= 11 is 3.20. The van der Waals surface area contributed by atoms with Gasteiger partial charge in [0, 0.05) is 4.47 Å². The molecule has 0 amide bonds. The molecule has 20 heavy (non-hydrogen) atoms. The summed E-state index contributed by atoms with van der Waals surface area (Å²) in [4.78, 5) is 0. The fraction of sp³-hybridized carbons (Fsp3) is 0.0769. The molecule has 0 unspecified atom stereocenters. The highest BCUT2D eigenvalue weighted by molar-refractivity contribution is 9.10. The van der Waals surface area contributed by atoms with Gasteiger partial charge in [0.15, 0.2) is 0 Å². The Kier molecular flexibility index (Phi) is 3.99. The summed E-state index contributed by atoms with van der Waals surface area (Å²) in [6.07, 6.45) is 0. The molecular weight excluding hydrogens is 347 g/mol. The van der Waals surface area contributed by atoms with Crippen molar-refractivity contribution in [3.63, 3.8) is 0 Å². The smallest absolute Gasteiger partial charge is 0.207 e. The van der Waals surface area contributed by atoms with Gasteiger partial charge in [0.05, 0.1) is 0 Å². The second kappa shape index (κ2) is 5.40. The van der Waals surface area contributed by atoms with Crippen molar-refractivity contribution < 1.29 is 26.7 Å². The van der Waals surface area contributed by atoms with E-state index in [1.165, 1.54) is 18.2 Å². The Hall–Kier alpha value is -1.63. The van der Waals surface area contributed by atoms with Gasteiger partial charge < -0.3 is 4.74 Å². The van der Waals surface area contributed by atoms with Gasteiger partial charge in [-0.3, -0.25) is 0 Å². The van der Waals surface area contributed by atoms with Crippen molar-refractivity contribution in [2.75, 3.05) is 0 Å². The first-order chi connectivity index (χ1) is 9.32. The van der Waals surface area contributed by atoms with Gasteiger partial charge in [0.1, 0.15) is 5.75 Å². The van der Waals surface area contributed by atoms with Crippen molar-refractivity contribution in [3.8, 4) is 11.5 Å². The second-order valence-corrected chi connectivity index (χ2v) is 4.77. The van der Waals surface area contributed by atoms with E-state index in [9.17, 15) is 22.0 Å². The summed E-state index contributed by atoms with van der Waals surface area (Å²) in [5, 5.41) is 0. The molecule has 0 aliphatic rings. The minimum atomic E-state index is -2.22. The molecule has 0 atom stereocenters. The van der Waals surface area contributed by atoms with Gasteiger partial charge in [-0.25, -0.2) is 13.2 Å². The molecule has 0 saturated heterocycles. The van der Waals surface area contributed by atoms with Crippen molar-refractivity contribution in [1.29, 1.82) is 0 Å². The first kappa shape index (κ1) is 14.8. The van der Waals surface area contributed by atoms with Crippen molar-refractivity contribution in [2.45, 2.75) is 6.92 Å². The Bertz CT molecular complexity index is 658. The zero-order valence-electron chi connectivity index (χ0n) is 9.91. The summed E-state index contributed by atoms with van der Waals surface area (Å²) in [6.45, 7) is 1.68. The van der Waals surface area contributed by atoms with E-state index in [1.54, 1.807) is 6.92 Å². The molecule has 0 aliphatic carbocycles. The van der Waals surface area contributed by atoms with Gasteiger partial charge in [-0.05, 0) is 30.7 Å². The van der Waals surface area contributed by atoms with Crippen molar-refractivity contribution in [2.24, 2.45) is 0 Å². The Labute approximate surface area is 119 Å². The first-order valence-electron chi connectivity index (χ1n) is 5.28. The lowest BCUT2D eigenvalue weighted by atomic mass is 10.2. The van der Waals surface area contributed by atoms with Crippen LogP contribution in [0.25, 0.3) is 0 Å². The fourth-order valence-electron chi connectivity index (χ4n) is 1.47. The molecule has 2 aromatic carbocycles. The lowest BCUT2D eigenvalue weighted by Crippen LogP contribution is -2.04. The average molecular weight is 353 g/mol. The molecule has 1 nitrogen and oxygen atoms in total. The van der Waals surface area contributed by atoms with Crippen LogP contribution in [0.15, 0.2) is 22.7 Å². The van der Waals surface area contributed by atoms with Gasteiger partial charge in [-0.1, -0.05) is 15.9 Å². The molecule has 0 spiro atoms. The molecule has 7 heteroatoms. The monoisotopic (exact) mass is 352 g/mol. The van der Waals surface area contributed by atoms with Gasteiger partial charge in [0.2, 0.25) is 34.8 Å². The van der Waals surface area contributed by atoms with Crippen molar-refractivity contribution in [3.05, 3.63) is 57.3 Å². The minimum absolute atomic E-state index is 0.0473. The zero-order valence-corrected chi connectivity index (χ0v) is 11.5. The molecule has 0 saturated carbocycles. The number of hydrogen-bond donors (Lipinski definition) is 0. The normalized spacial score (nSPS) is 10.8. The maximum absolute atomic E-state index is 13.4. The predicted molar refractivity (Wildman–Crippen MR) is 65.2 cm³/mol. The summed E-state index contributed by atoms with van der Waals surface area (Å²) in [5.74, 6) is -11.7. The maximum Gasteiger partial charge on any atom is 0.207 e. The number of aryl methyl sites for hydroxylation is 1. The van der Waals surface area contributed by atoms with Crippen LogP contribution in [0.3, 0.4) is 0 Å². The van der Waals surface area contributed by atoms with Gasteiger partial charge in [-0.15, -0.1) is 0 Å². The lowest BCUT2D eigenvalue weighted by Gasteiger charge is -2.10. The van der Waals surface area contributed by atoms with E-state index >= 15 is 0 Å². The maximum atomic E-state index is 13.4. The number of benzene rings is 2. The van der Waals surface area contributed by atoms with Crippen LogP contribution < -0.4 is 4.74 Å². The van der Waals surface area contributed by atoms with E-state index in [-0.39, 0.29) is 5.75 Å². The van der Waals surface area contributed by atoms with Crippen LogP contribution in [0, 0.1) is 36.0 Å². The molecule has 2 aromatic rings. The summed E-state index contributed by atoms with van der Waals surface area (Å²) in [7, 11) is 0. The molecule has 0 fully saturated rings. The largest absolute Gasteiger partial charge is 0.451 e. The fourth-order valence-corrected chi connectivity index (χ4v) is 1.72. The number of ether oxygens (including phenoxy) is 1. The Morgan fingerprint density at radius 2 is 1.35 bits per heavy atom. The van der Waals surface area contributed by atoms with E-state index < -0.39 is 34.8 Å². The third kappa shape index (κ3) is 2.49. The van der Waals surface area contributed by atoms with E-state index in [2.05, 4.69) is 15.9 Å². The molecular formula is C13H6BrF5O. The minimum Gasteiger partial charge on any atom is -0.451 e. The van der Waals surface area contributed by atoms with Crippen molar-refractivity contribution in [1.82, 2.24) is 0 Å². The number of halogens is 6. The second-order valence-electron chi connectivity index (χ2n) is 3.91. The van der Waals surface area contributed by atoms with E-state index in [4.69, 9.17) is 4.74 Å². The topological polar surface area (TPSA) is 9.23 Å². The van der Waals surface area contributed by atoms with Crippen molar-refractivity contribution >= 4 is 15.9 Å². The molecule has 0 aromatic heterocycles. The van der Waals surface area contributed by atoms with Crippen LogP contribution in [-0.2, 0) is 0 Å². The van der Waals surface area contributed by atoms with Crippen LogP contribution in [0.4, 0.5) is 22.0 Å². The Morgan fingerprint density at radius 1 is 0.850 bits per heavy atom. The van der Waals surface area contributed by atoms with Gasteiger partial charge in [-0.2, -0.15) is 8.78 Å². The molecule has 0 aliphatic heterocycles. The number of hydrogen-bond acceptors (Lipinski definition) is 1. The van der Waals surface area contributed by atoms with Crippen LogP contribution in [0.5, 0.6) is 11.5 Å². The van der Waals surface area contributed by atoms with Gasteiger partial charge >= 0.3 is 0 Å². The molecule has 0 bridgehead atoms. The Morgan fingerprint density at radius 3 is 1.85 bits per heavy atom. The molecule has 0 radical (unpaired) electrons. The first-order valence-corrected chi connectivity index (χ1v) is 6.07.